The maximum Gasteiger partial charge on any atom is 0.174 e. The van der Waals surface area contributed by atoms with Crippen LogP contribution in [0.4, 0.5) is 0 Å². The molecule has 1 aliphatic rings. The van der Waals surface area contributed by atoms with Crippen LogP contribution in [0.25, 0.3) is 0 Å². The van der Waals surface area contributed by atoms with Gasteiger partial charge in [0, 0.05) is 0 Å². The van der Waals surface area contributed by atoms with Gasteiger partial charge in [-0.05, 0) is 36.9 Å². The van der Waals surface area contributed by atoms with Crippen molar-refractivity contribution >= 4 is 34.7 Å². The summed E-state index contributed by atoms with van der Waals surface area (Å²) in [7, 11) is 0. The minimum absolute atomic E-state index is 0.430. The molecule has 1 fully saturated rings. The Morgan fingerprint density at radius 1 is 1.00 bits per heavy atom. The minimum Gasteiger partial charge on any atom is -0.336 e. The highest BCUT2D eigenvalue weighted by molar-refractivity contribution is 7.81. The van der Waals surface area contributed by atoms with Gasteiger partial charge in [-0.1, -0.05) is 30.3 Å². The second-order valence-corrected chi connectivity index (χ2v) is 4.34. The van der Waals surface area contributed by atoms with E-state index in [1.807, 2.05) is 37.3 Å². The Balaban J connectivity index is 2.34. The second kappa shape index (κ2) is 3.75. The molecule has 1 aromatic carbocycles. The Morgan fingerprint density at radius 2 is 1.53 bits per heavy atom. The van der Waals surface area contributed by atoms with Crippen LogP contribution >= 0.6 is 24.4 Å². The Hall–Kier alpha value is -1.20. The summed E-state index contributed by atoms with van der Waals surface area (Å²) in [6, 6.07) is 9.99. The first kappa shape index (κ1) is 10.3. The van der Waals surface area contributed by atoms with Crippen LogP contribution in [0.15, 0.2) is 30.3 Å². The van der Waals surface area contributed by atoms with Gasteiger partial charge in [-0.3, -0.25) is 0 Å². The van der Waals surface area contributed by atoms with E-state index in [9.17, 15) is 0 Å². The molecule has 0 unspecified atom stereocenters. The topological polar surface area (TPSA) is 36.1 Å². The highest BCUT2D eigenvalue weighted by atomic mass is 32.1. The van der Waals surface area contributed by atoms with Crippen molar-refractivity contribution in [2.45, 2.75) is 12.6 Å². The molecular weight excluding hydrogens is 226 g/mol. The van der Waals surface area contributed by atoms with Gasteiger partial charge < -0.3 is 16.0 Å². The van der Waals surface area contributed by atoms with E-state index >= 15 is 0 Å². The van der Waals surface area contributed by atoms with Crippen LogP contribution in [0.5, 0.6) is 0 Å². The molecule has 78 valence electrons. The average Bonchev–Trinajstić information content (AvgIpc) is 2.17. The van der Waals surface area contributed by atoms with Crippen molar-refractivity contribution in [2.75, 3.05) is 0 Å². The molecule has 0 radical (unpaired) electrons. The van der Waals surface area contributed by atoms with Gasteiger partial charge in [0.25, 0.3) is 0 Å². The first-order chi connectivity index (χ1) is 7.10. The minimum atomic E-state index is -0.430. The maximum atomic E-state index is 5.08. The lowest BCUT2D eigenvalue weighted by Gasteiger charge is -2.38. The monoisotopic (exact) mass is 237 g/mol. The molecule has 1 aliphatic heterocycles. The Kier molecular flexibility index (Phi) is 2.58. The number of hydrogen-bond acceptors (Lipinski definition) is 2. The van der Waals surface area contributed by atoms with Crippen molar-refractivity contribution in [2.24, 2.45) is 0 Å². The zero-order chi connectivity index (χ0) is 10.9. The molecule has 1 aromatic rings. The zero-order valence-corrected chi connectivity index (χ0v) is 9.84. The van der Waals surface area contributed by atoms with Crippen LogP contribution in [0, 0.1) is 0 Å². The van der Waals surface area contributed by atoms with Gasteiger partial charge >= 0.3 is 0 Å². The fourth-order valence-electron chi connectivity index (χ4n) is 1.57. The molecule has 0 spiro atoms. The van der Waals surface area contributed by atoms with E-state index < -0.39 is 5.66 Å². The summed E-state index contributed by atoms with van der Waals surface area (Å²) in [5.41, 5.74) is 0.664. The van der Waals surface area contributed by atoms with Crippen molar-refractivity contribution in [1.29, 1.82) is 0 Å². The first-order valence-electron chi connectivity index (χ1n) is 4.57. The molecule has 3 N–H and O–H groups in total. The number of nitrogens with one attached hydrogen (secondary N) is 3. The van der Waals surface area contributed by atoms with Crippen molar-refractivity contribution in [3.63, 3.8) is 0 Å². The summed E-state index contributed by atoms with van der Waals surface area (Å²) in [5.74, 6) is 0. The van der Waals surface area contributed by atoms with E-state index in [0.29, 0.717) is 10.2 Å². The van der Waals surface area contributed by atoms with Crippen molar-refractivity contribution in [3.8, 4) is 0 Å². The molecule has 1 heterocycles. The van der Waals surface area contributed by atoms with Gasteiger partial charge in [0.2, 0.25) is 0 Å². The van der Waals surface area contributed by atoms with Gasteiger partial charge in [0.15, 0.2) is 10.2 Å². The number of rotatable bonds is 1. The third-order valence-corrected chi connectivity index (χ3v) is 2.71. The number of thiocarbonyl (C=S) groups is 2. The number of hydrogen-bond donors (Lipinski definition) is 3. The SMILES string of the molecule is CC1(c2ccccc2)NC(=S)NC(=S)N1. The highest BCUT2D eigenvalue weighted by Crippen LogP contribution is 2.18. The Labute approximate surface area is 99.3 Å². The van der Waals surface area contributed by atoms with Crippen LogP contribution < -0.4 is 16.0 Å². The molecule has 15 heavy (non-hydrogen) atoms. The highest BCUT2D eigenvalue weighted by Gasteiger charge is 2.31. The predicted octanol–water partition coefficient (Wildman–Crippen LogP) is 1.21. The summed E-state index contributed by atoms with van der Waals surface area (Å²) < 4.78 is 0. The predicted molar refractivity (Wildman–Crippen MR) is 68.4 cm³/mol. The van der Waals surface area contributed by atoms with Crippen LogP contribution in [0.2, 0.25) is 0 Å². The van der Waals surface area contributed by atoms with Crippen molar-refractivity contribution in [3.05, 3.63) is 35.9 Å². The second-order valence-electron chi connectivity index (χ2n) is 3.52. The lowest BCUT2D eigenvalue weighted by Crippen LogP contribution is -2.66. The summed E-state index contributed by atoms with van der Waals surface area (Å²) in [5, 5.41) is 10.3. The van der Waals surface area contributed by atoms with Crippen LogP contribution in [-0.4, -0.2) is 10.2 Å². The molecule has 3 nitrogen and oxygen atoms in total. The molecule has 2 rings (SSSR count). The molecule has 0 saturated carbocycles. The van der Waals surface area contributed by atoms with E-state index in [-0.39, 0.29) is 0 Å². The van der Waals surface area contributed by atoms with Gasteiger partial charge in [-0.2, -0.15) is 0 Å². The molecular formula is C10H11N3S2. The van der Waals surface area contributed by atoms with Gasteiger partial charge in [0.05, 0.1) is 0 Å². The first-order valence-corrected chi connectivity index (χ1v) is 5.39. The van der Waals surface area contributed by atoms with Gasteiger partial charge in [0.1, 0.15) is 5.66 Å². The molecule has 0 bridgehead atoms. The zero-order valence-electron chi connectivity index (χ0n) is 8.20. The smallest absolute Gasteiger partial charge is 0.174 e. The van der Waals surface area contributed by atoms with Crippen molar-refractivity contribution < 1.29 is 0 Å². The average molecular weight is 237 g/mol. The molecule has 0 aliphatic carbocycles. The van der Waals surface area contributed by atoms with Crippen LogP contribution in [0.1, 0.15) is 12.5 Å². The van der Waals surface area contributed by atoms with Gasteiger partial charge in [-0.15, -0.1) is 0 Å². The van der Waals surface area contributed by atoms with E-state index in [1.165, 1.54) is 0 Å². The van der Waals surface area contributed by atoms with Crippen molar-refractivity contribution in [1.82, 2.24) is 16.0 Å². The lowest BCUT2D eigenvalue weighted by molar-refractivity contribution is 0.388. The quantitative estimate of drug-likeness (QED) is 0.640. The lowest BCUT2D eigenvalue weighted by atomic mass is 10.0. The summed E-state index contributed by atoms with van der Waals surface area (Å²) in [6.45, 7) is 2.00. The molecule has 5 heteroatoms. The molecule has 0 amide bonds. The maximum absolute atomic E-state index is 5.08. The Bertz CT molecular complexity index is 386. The summed E-state index contributed by atoms with van der Waals surface area (Å²) in [6.07, 6.45) is 0. The number of benzene rings is 1. The standard InChI is InChI=1S/C10H11N3S2/c1-10(7-5-3-2-4-6-7)12-8(14)11-9(15)13-10/h2-6H,1H3,(H3,11,12,13,14,15). The summed E-state index contributed by atoms with van der Waals surface area (Å²) >= 11 is 10.2. The largest absolute Gasteiger partial charge is 0.336 e. The summed E-state index contributed by atoms with van der Waals surface area (Å²) in [4.78, 5) is 0. The van der Waals surface area contributed by atoms with E-state index in [4.69, 9.17) is 24.4 Å². The molecule has 0 atom stereocenters. The third-order valence-electron chi connectivity index (χ3n) is 2.31. The van der Waals surface area contributed by atoms with Gasteiger partial charge in [-0.25, -0.2) is 0 Å². The normalized spacial score (nSPS) is 18.7. The van der Waals surface area contributed by atoms with E-state index in [1.54, 1.807) is 0 Å². The fraction of sp³-hybridized carbons (Fsp3) is 0.200. The van der Waals surface area contributed by atoms with Crippen LogP contribution in [-0.2, 0) is 5.66 Å². The van der Waals surface area contributed by atoms with E-state index in [0.717, 1.165) is 5.56 Å². The van der Waals surface area contributed by atoms with Crippen LogP contribution in [0.3, 0.4) is 0 Å². The third kappa shape index (κ3) is 2.08. The van der Waals surface area contributed by atoms with E-state index in [2.05, 4.69) is 16.0 Å². The Morgan fingerprint density at radius 3 is 2.07 bits per heavy atom. The molecule has 0 aromatic heterocycles. The fourth-order valence-corrected chi connectivity index (χ4v) is 2.24. The molecule has 1 saturated heterocycles.